The molecule has 6 heteroatoms. The van der Waals surface area contributed by atoms with Crippen molar-refractivity contribution in [3.8, 4) is 5.75 Å². The van der Waals surface area contributed by atoms with E-state index < -0.39 is 0 Å². The molecule has 1 heterocycles. The Hall–Kier alpha value is -2.76. The largest absolute Gasteiger partial charge is 0.491 e. The zero-order valence-electron chi connectivity index (χ0n) is 12.0. The Bertz CT molecular complexity index is 715. The van der Waals surface area contributed by atoms with Crippen molar-refractivity contribution >= 4 is 23.0 Å². The number of carbonyl (C=O) groups excluding carboxylic acids is 1. The predicted octanol–water partition coefficient (Wildman–Crippen LogP) is 2.05. The molecule has 2 aromatic rings. The van der Waals surface area contributed by atoms with Crippen molar-refractivity contribution in [2.75, 3.05) is 26.2 Å². The van der Waals surface area contributed by atoms with Crippen molar-refractivity contribution < 1.29 is 14.7 Å². The Balaban J connectivity index is 1.78. The molecule has 0 radical (unpaired) electrons. The molecule has 22 heavy (non-hydrogen) atoms. The van der Waals surface area contributed by atoms with E-state index in [9.17, 15) is 4.79 Å². The molecule has 1 aliphatic rings. The summed E-state index contributed by atoms with van der Waals surface area (Å²) in [5.74, 6) is 0.635. The average Bonchev–Trinajstić information content (AvgIpc) is 2.95. The molecule has 0 aliphatic carbocycles. The van der Waals surface area contributed by atoms with Gasteiger partial charge in [-0.2, -0.15) is 0 Å². The first kappa shape index (κ1) is 14.2. The molecule has 1 saturated heterocycles. The molecule has 3 rings (SSSR count). The normalized spacial score (nSPS) is 14.7. The third-order valence-corrected chi connectivity index (χ3v) is 3.68. The summed E-state index contributed by atoms with van der Waals surface area (Å²) in [6.07, 6.45) is 1.38. The van der Waals surface area contributed by atoms with Crippen LogP contribution in [-0.4, -0.2) is 48.6 Å². The fourth-order valence-corrected chi connectivity index (χ4v) is 2.58. The van der Waals surface area contributed by atoms with E-state index in [2.05, 4.69) is 10.5 Å². The van der Waals surface area contributed by atoms with Gasteiger partial charge in [0.1, 0.15) is 12.4 Å². The van der Waals surface area contributed by atoms with Crippen LogP contribution in [0.5, 0.6) is 5.75 Å². The van der Waals surface area contributed by atoms with Gasteiger partial charge in [-0.25, -0.2) is 4.79 Å². The van der Waals surface area contributed by atoms with Crippen LogP contribution in [-0.2, 0) is 0 Å². The van der Waals surface area contributed by atoms with Gasteiger partial charge in [0.2, 0.25) is 0 Å². The van der Waals surface area contributed by atoms with Crippen molar-refractivity contribution in [3.05, 3.63) is 42.0 Å². The molecule has 1 fully saturated rings. The molecule has 0 bridgehead atoms. The molecular weight excluding hydrogens is 282 g/mol. The standard InChI is InChI=1S/C16H17N3O3/c20-16-17-7-8-19(16)9-10-22-15-6-5-12-3-1-2-4-13(12)14(15)11-18-21/h1-6,11,21H,7-10H2,(H,17,20)/b18-11-. The molecule has 0 atom stereocenters. The van der Waals surface area contributed by atoms with Crippen LogP contribution in [0.2, 0.25) is 0 Å². The lowest BCUT2D eigenvalue weighted by molar-refractivity contribution is 0.202. The summed E-state index contributed by atoms with van der Waals surface area (Å²) in [4.78, 5) is 13.2. The van der Waals surface area contributed by atoms with Crippen LogP contribution in [0, 0.1) is 0 Å². The van der Waals surface area contributed by atoms with Gasteiger partial charge in [0, 0.05) is 18.7 Å². The van der Waals surface area contributed by atoms with Gasteiger partial charge in [0.05, 0.1) is 12.8 Å². The highest BCUT2D eigenvalue weighted by atomic mass is 16.5. The van der Waals surface area contributed by atoms with Gasteiger partial charge in [0.25, 0.3) is 0 Å². The number of amides is 2. The Kier molecular flexibility index (Phi) is 4.09. The maximum atomic E-state index is 11.5. The van der Waals surface area contributed by atoms with Crippen LogP contribution in [0.25, 0.3) is 10.8 Å². The maximum Gasteiger partial charge on any atom is 0.317 e. The molecule has 0 spiro atoms. The number of rotatable bonds is 5. The first-order valence-corrected chi connectivity index (χ1v) is 7.14. The number of fused-ring (bicyclic) bond motifs is 1. The zero-order valence-corrected chi connectivity index (χ0v) is 12.0. The van der Waals surface area contributed by atoms with Crippen LogP contribution in [0.1, 0.15) is 5.56 Å². The zero-order chi connectivity index (χ0) is 15.4. The third kappa shape index (κ3) is 2.81. The van der Waals surface area contributed by atoms with Gasteiger partial charge in [-0.3, -0.25) is 0 Å². The summed E-state index contributed by atoms with van der Waals surface area (Å²) in [5, 5.41) is 16.8. The van der Waals surface area contributed by atoms with Crippen molar-refractivity contribution in [3.63, 3.8) is 0 Å². The number of urea groups is 1. The number of hydrogen-bond acceptors (Lipinski definition) is 4. The monoisotopic (exact) mass is 299 g/mol. The van der Waals surface area contributed by atoms with Gasteiger partial charge in [-0.1, -0.05) is 35.5 Å². The van der Waals surface area contributed by atoms with Crippen LogP contribution in [0.4, 0.5) is 4.79 Å². The van der Waals surface area contributed by atoms with Crippen molar-refractivity contribution in [1.82, 2.24) is 10.2 Å². The maximum absolute atomic E-state index is 11.5. The molecule has 1 aliphatic heterocycles. The molecule has 0 unspecified atom stereocenters. The second-order valence-corrected chi connectivity index (χ2v) is 5.01. The summed E-state index contributed by atoms with van der Waals surface area (Å²) < 4.78 is 5.78. The second kappa shape index (κ2) is 6.34. The molecule has 2 N–H and O–H groups in total. The number of ether oxygens (including phenoxy) is 1. The van der Waals surface area contributed by atoms with E-state index in [0.29, 0.717) is 32.0 Å². The van der Waals surface area contributed by atoms with Gasteiger partial charge in [-0.05, 0) is 16.8 Å². The molecule has 2 amide bonds. The number of nitrogens with zero attached hydrogens (tertiary/aromatic N) is 2. The van der Waals surface area contributed by atoms with E-state index in [0.717, 1.165) is 16.3 Å². The summed E-state index contributed by atoms with van der Waals surface area (Å²) in [6, 6.07) is 11.6. The Labute approximate surface area is 128 Å². The van der Waals surface area contributed by atoms with Gasteiger partial charge < -0.3 is 20.2 Å². The van der Waals surface area contributed by atoms with E-state index in [1.54, 1.807) is 4.90 Å². The van der Waals surface area contributed by atoms with E-state index in [1.165, 1.54) is 6.21 Å². The molecular formula is C16H17N3O3. The minimum Gasteiger partial charge on any atom is -0.491 e. The first-order chi connectivity index (χ1) is 10.8. The van der Waals surface area contributed by atoms with Crippen LogP contribution in [0.15, 0.2) is 41.6 Å². The highest BCUT2D eigenvalue weighted by molar-refractivity contribution is 6.02. The van der Waals surface area contributed by atoms with Crippen LogP contribution >= 0.6 is 0 Å². The fraction of sp³-hybridized carbons (Fsp3) is 0.250. The highest BCUT2D eigenvalue weighted by Gasteiger charge is 2.19. The van der Waals surface area contributed by atoms with Gasteiger partial charge in [-0.15, -0.1) is 0 Å². The van der Waals surface area contributed by atoms with Crippen molar-refractivity contribution in [2.45, 2.75) is 0 Å². The average molecular weight is 299 g/mol. The quantitative estimate of drug-likeness (QED) is 0.504. The van der Waals surface area contributed by atoms with E-state index in [-0.39, 0.29) is 6.03 Å². The summed E-state index contributed by atoms with van der Waals surface area (Å²) >= 11 is 0. The Morgan fingerprint density at radius 3 is 2.95 bits per heavy atom. The third-order valence-electron chi connectivity index (χ3n) is 3.68. The number of hydrogen-bond donors (Lipinski definition) is 2. The lowest BCUT2D eigenvalue weighted by atomic mass is 10.0. The SMILES string of the molecule is O=C1NCCN1CCOc1ccc2ccccc2c1/C=N\O. The van der Waals surface area contributed by atoms with E-state index >= 15 is 0 Å². The number of benzene rings is 2. The highest BCUT2D eigenvalue weighted by Crippen LogP contribution is 2.26. The summed E-state index contributed by atoms with van der Waals surface area (Å²) in [5.41, 5.74) is 0.728. The fourth-order valence-electron chi connectivity index (χ4n) is 2.58. The van der Waals surface area contributed by atoms with Crippen LogP contribution in [0.3, 0.4) is 0 Å². The first-order valence-electron chi connectivity index (χ1n) is 7.14. The Morgan fingerprint density at radius 1 is 1.32 bits per heavy atom. The van der Waals surface area contributed by atoms with E-state index in [4.69, 9.17) is 9.94 Å². The smallest absolute Gasteiger partial charge is 0.317 e. The lowest BCUT2D eigenvalue weighted by Gasteiger charge is -2.16. The molecule has 114 valence electrons. The molecule has 2 aromatic carbocycles. The minimum atomic E-state index is -0.0562. The van der Waals surface area contributed by atoms with Crippen molar-refractivity contribution in [2.24, 2.45) is 5.16 Å². The summed E-state index contributed by atoms with van der Waals surface area (Å²) in [7, 11) is 0. The summed E-state index contributed by atoms with van der Waals surface area (Å²) in [6.45, 7) is 2.29. The Morgan fingerprint density at radius 2 is 2.18 bits per heavy atom. The van der Waals surface area contributed by atoms with E-state index in [1.807, 2.05) is 36.4 Å². The minimum absolute atomic E-state index is 0.0562. The lowest BCUT2D eigenvalue weighted by Crippen LogP contribution is -2.31. The molecule has 0 saturated carbocycles. The second-order valence-electron chi connectivity index (χ2n) is 5.01. The molecule has 0 aromatic heterocycles. The van der Waals surface area contributed by atoms with Gasteiger partial charge >= 0.3 is 6.03 Å². The van der Waals surface area contributed by atoms with Crippen LogP contribution < -0.4 is 10.1 Å². The topological polar surface area (TPSA) is 74.2 Å². The number of oxime groups is 1. The van der Waals surface area contributed by atoms with Crippen molar-refractivity contribution in [1.29, 1.82) is 0 Å². The van der Waals surface area contributed by atoms with Gasteiger partial charge in [0.15, 0.2) is 0 Å². The number of nitrogens with one attached hydrogen (secondary N) is 1. The predicted molar refractivity (Wildman–Crippen MR) is 83.8 cm³/mol. The number of carbonyl (C=O) groups is 1. The molecule has 6 nitrogen and oxygen atoms in total.